The van der Waals surface area contributed by atoms with Crippen molar-refractivity contribution >= 4 is 17.9 Å². The maximum absolute atomic E-state index is 12.9. The van der Waals surface area contributed by atoms with Crippen LogP contribution in [0.1, 0.15) is 367 Å². The van der Waals surface area contributed by atoms with Crippen LogP contribution in [-0.4, -0.2) is 37.2 Å². The smallest absolute Gasteiger partial charge is 0.306 e. The Morgan fingerprint density at radius 2 is 0.470 bits per heavy atom. The predicted octanol–water partition coefficient (Wildman–Crippen LogP) is 25.0. The van der Waals surface area contributed by atoms with Gasteiger partial charge in [0.2, 0.25) is 0 Å². The molecule has 1 atom stereocenters. The minimum Gasteiger partial charge on any atom is -0.462 e. The second-order valence-corrected chi connectivity index (χ2v) is 24.1. The van der Waals surface area contributed by atoms with Crippen molar-refractivity contribution in [2.45, 2.75) is 374 Å². The molecule has 0 saturated heterocycles. The average Bonchev–Trinajstić information content (AvgIpc) is 3.49. The van der Waals surface area contributed by atoms with Gasteiger partial charge in [-0.05, 0) is 77.0 Å². The Morgan fingerprint density at radius 1 is 0.253 bits per heavy atom. The van der Waals surface area contributed by atoms with Crippen LogP contribution in [0.15, 0.2) is 85.1 Å². The van der Waals surface area contributed by atoms with E-state index in [2.05, 4.69) is 106 Å². The number of carbonyl (C=O) groups excluding carboxylic acids is 3. The van der Waals surface area contributed by atoms with Crippen LogP contribution in [0.25, 0.3) is 0 Å². The number of ether oxygens (including phenoxy) is 3. The lowest BCUT2D eigenvalue weighted by atomic mass is 10.0. The molecule has 0 amide bonds. The Bertz CT molecular complexity index is 1570. The fourth-order valence-electron chi connectivity index (χ4n) is 10.5. The van der Waals surface area contributed by atoms with Crippen molar-refractivity contribution in [2.24, 2.45) is 0 Å². The summed E-state index contributed by atoms with van der Waals surface area (Å²) >= 11 is 0. The van der Waals surface area contributed by atoms with Gasteiger partial charge in [-0.25, -0.2) is 0 Å². The highest BCUT2D eigenvalue weighted by molar-refractivity contribution is 5.71. The van der Waals surface area contributed by atoms with Crippen LogP contribution in [0.4, 0.5) is 0 Å². The SMILES string of the molecule is CC/C=C\C/C=C\C/C=C\C/C=C\C/C=C\C/C=C\C/C=C\CCCCCCCCCCCCCCCC(=O)OCC(COC(=O)CCCCCCCCCCCCCCCCC)OC(=O)CCCCCCCCCCCCCCCCC. The number of carbonyl (C=O) groups is 3. The monoisotopic (exact) mass is 1160 g/mol. The molecule has 0 saturated carbocycles. The first-order valence-corrected chi connectivity index (χ1v) is 36.1. The third-order valence-corrected chi connectivity index (χ3v) is 15.9. The van der Waals surface area contributed by atoms with Gasteiger partial charge in [0, 0.05) is 19.3 Å². The van der Waals surface area contributed by atoms with Crippen LogP contribution in [0.2, 0.25) is 0 Å². The second-order valence-electron chi connectivity index (χ2n) is 24.1. The van der Waals surface area contributed by atoms with E-state index in [1.54, 1.807) is 0 Å². The molecule has 6 nitrogen and oxygen atoms in total. The highest BCUT2D eigenvalue weighted by Gasteiger charge is 2.19. The first-order chi connectivity index (χ1) is 41.0. The van der Waals surface area contributed by atoms with Crippen molar-refractivity contribution in [3.8, 4) is 0 Å². The quantitative estimate of drug-likeness (QED) is 0.0261. The van der Waals surface area contributed by atoms with Gasteiger partial charge in [0.05, 0.1) is 0 Å². The molecule has 0 spiro atoms. The molecular weight excluding hydrogens is 1020 g/mol. The largest absolute Gasteiger partial charge is 0.462 e. The van der Waals surface area contributed by atoms with Gasteiger partial charge >= 0.3 is 17.9 Å². The van der Waals surface area contributed by atoms with Gasteiger partial charge in [-0.3, -0.25) is 14.4 Å². The number of rotatable bonds is 66. The Balaban J connectivity index is 4.17. The summed E-state index contributed by atoms with van der Waals surface area (Å²) in [5.74, 6) is -0.846. The zero-order valence-electron chi connectivity index (χ0n) is 55.2. The summed E-state index contributed by atoms with van der Waals surface area (Å²) in [6.07, 6.45) is 94.7. The molecule has 0 fully saturated rings. The first-order valence-electron chi connectivity index (χ1n) is 36.1. The third kappa shape index (κ3) is 69.3. The first kappa shape index (κ1) is 79.6. The summed E-state index contributed by atoms with van der Waals surface area (Å²) in [6.45, 7) is 6.58. The van der Waals surface area contributed by atoms with E-state index >= 15 is 0 Å². The summed E-state index contributed by atoms with van der Waals surface area (Å²) in [6, 6.07) is 0. The molecule has 6 heteroatoms. The van der Waals surface area contributed by atoms with Crippen LogP contribution >= 0.6 is 0 Å². The van der Waals surface area contributed by atoms with Crippen molar-refractivity contribution in [2.75, 3.05) is 13.2 Å². The molecule has 0 aliphatic carbocycles. The van der Waals surface area contributed by atoms with Crippen molar-refractivity contribution in [3.63, 3.8) is 0 Å². The molecule has 0 aliphatic rings. The highest BCUT2D eigenvalue weighted by atomic mass is 16.6. The summed E-state index contributed by atoms with van der Waals surface area (Å²) in [7, 11) is 0. The van der Waals surface area contributed by atoms with Crippen LogP contribution in [-0.2, 0) is 28.6 Å². The molecule has 0 heterocycles. The van der Waals surface area contributed by atoms with Gasteiger partial charge in [-0.1, -0.05) is 356 Å². The fourth-order valence-corrected chi connectivity index (χ4v) is 10.5. The van der Waals surface area contributed by atoms with E-state index in [1.165, 1.54) is 225 Å². The van der Waals surface area contributed by atoms with Crippen LogP contribution in [0.5, 0.6) is 0 Å². The summed E-state index contributed by atoms with van der Waals surface area (Å²) in [5.41, 5.74) is 0. The lowest BCUT2D eigenvalue weighted by Crippen LogP contribution is -2.30. The van der Waals surface area contributed by atoms with Crippen molar-refractivity contribution in [3.05, 3.63) is 85.1 Å². The second kappa shape index (κ2) is 71.1. The van der Waals surface area contributed by atoms with E-state index < -0.39 is 6.10 Å². The molecular formula is C77H136O6. The fraction of sp³-hybridized carbons (Fsp3) is 0.779. The lowest BCUT2D eigenvalue weighted by molar-refractivity contribution is -0.167. The normalized spacial score (nSPS) is 12.6. The maximum atomic E-state index is 12.9. The Hall–Kier alpha value is -3.41. The van der Waals surface area contributed by atoms with Crippen LogP contribution in [0, 0.1) is 0 Å². The summed E-state index contributed by atoms with van der Waals surface area (Å²) in [5, 5.41) is 0. The van der Waals surface area contributed by atoms with Crippen molar-refractivity contribution in [1.29, 1.82) is 0 Å². The third-order valence-electron chi connectivity index (χ3n) is 15.9. The number of unbranched alkanes of at least 4 members (excludes halogenated alkanes) is 41. The molecule has 0 N–H and O–H groups in total. The van der Waals surface area contributed by atoms with Gasteiger partial charge in [-0.2, -0.15) is 0 Å². The zero-order valence-corrected chi connectivity index (χ0v) is 55.2. The molecule has 1 unspecified atom stereocenters. The maximum Gasteiger partial charge on any atom is 0.306 e. The molecule has 480 valence electrons. The van der Waals surface area contributed by atoms with Gasteiger partial charge < -0.3 is 14.2 Å². The minimum atomic E-state index is -0.772. The van der Waals surface area contributed by atoms with Crippen molar-refractivity contribution in [1.82, 2.24) is 0 Å². The molecule has 83 heavy (non-hydrogen) atoms. The summed E-state index contributed by atoms with van der Waals surface area (Å²) in [4.78, 5) is 38.4. The lowest BCUT2D eigenvalue weighted by Gasteiger charge is -2.18. The summed E-state index contributed by atoms with van der Waals surface area (Å²) < 4.78 is 17.0. The Morgan fingerprint density at radius 3 is 0.735 bits per heavy atom. The molecule has 0 radical (unpaired) electrons. The van der Waals surface area contributed by atoms with E-state index in [1.807, 2.05) is 0 Å². The zero-order chi connectivity index (χ0) is 59.9. The van der Waals surface area contributed by atoms with E-state index in [0.29, 0.717) is 19.3 Å². The standard InChI is InChI=1S/C77H136O6/c1-4-7-10-13-16-19-22-25-28-29-30-31-32-33-34-35-36-37-38-39-40-41-42-43-44-45-46-47-50-52-55-58-61-64-67-70-76(79)82-73-74(83-77(80)71-68-65-62-59-56-53-49-27-24-21-18-15-12-9-6-3)72-81-75(78)69-66-63-60-57-54-51-48-26-23-20-17-14-11-8-5-2/h7,10,16,19,25,28,30-31,33-34,36-37,39-40,74H,4-6,8-9,11-15,17-18,20-24,26-27,29,32,35,38,41-73H2,1-3H3/b10-7-,19-16-,28-25-,31-30-,34-33-,37-36-,40-39-. The van der Waals surface area contributed by atoms with Crippen molar-refractivity contribution < 1.29 is 28.6 Å². The van der Waals surface area contributed by atoms with E-state index in [4.69, 9.17) is 14.2 Å². The topological polar surface area (TPSA) is 78.9 Å². The molecule has 0 aromatic rings. The Kier molecular flexibility index (Phi) is 68.2. The molecule has 0 bridgehead atoms. The number of hydrogen-bond acceptors (Lipinski definition) is 6. The molecule has 0 aromatic heterocycles. The van der Waals surface area contributed by atoms with E-state index in [9.17, 15) is 14.4 Å². The van der Waals surface area contributed by atoms with Crippen LogP contribution < -0.4 is 0 Å². The minimum absolute atomic E-state index is 0.0689. The number of hydrogen-bond donors (Lipinski definition) is 0. The Labute approximate surface area is 515 Å². The van der Waals surface area contributed by atoms with Crippen LogP contribution in [0.3, 0.4) is 0 Å². The molecule has 0 rings (SSSR count). The van der Waals surface area contributed by atoms with Gasteiger partial charge in [-0.15, -0.1) is 0 Å². The average molecular weight is 1160 g/mol. The molecule has 0 aliphatic heterocycles. The van der Waals surface area contributed by atoms with Gasteiger partial charge in [0.25, 0.3) is 0 Å². The van der Waals surface area contributed by atoms with E-state index in [-0.39, 0.29) is 31.1 Å². The van der Waals surface area contributed by atoms with Gasteiger partial charge in [0.15, 0.2) is 6.10 Å². The number of esters is 3. The predicted molar refractivity (Wildman–Crippen MR) is 362 cm³/mol. The highest BCUT2D eigenvalue weighted by Crippen LogP contribution is 2.18. The van der Waals surface area contributed by atoms with E-state index in [0.717, 1.165) is 103 Å². The molecule has 0 aromatic carbocycles. The van der Waals surface area contributed by atoms with Gasteiger partial charge in [0.1, 0.15) is 13.2 Å². The number of allylic oxidation sites excluding steroid dienone is 14.